The van der Waals surface area contributed by atoms with Crippen molar-refractivity contribution in [3.63, 3.8) is 0 Å². The lowest BCUT2D eigenvalue weighted by Gasteiger charge is -2.23. The molecule has 0 fully saturated rings. The van der Waals surface area contributed by atoms with E-state index < -0.39 is 10.0 Å². The van der Waals surface area contributed by atoms with Crippen molar-refractivity contribution in [1.82, 2.24) is 19.5 Å². The zero-order valence-corrected chi connectivity index (χ0v) is 12.4. The minimum atomic E-state index is -3.67. The van der Waals surface area contributed by atoms with E-state index in [0.29, 0.717) is 0 Å². The van der Waals surface area contributed by atoms with Gasteiger partial charge in [0.15, 0.2) is 0 Å². The monoisotopic (exact) mass is 308 g/mol. The number of sulfonamides is 1. The van der Waals surface area contributed by atoms with Crippen LogP contribution in [0, 0.1) is 0 Å². The molecule has 8 heteroatoms. The molecule has 21 heavy (non-hydrogen) atoms. The lowest BCUT2D eigenvalue weighted by Crippen LogP contribution is -2.31. The molecule has 1 aliphatic rings. The van der Waals surface area contributed by atoms with Crippen LogP contribution in [0.3, 0.4) is 0 Å². The molecule has 1 unspecified atom stereocenters. The molecule has 7 nitrogen and oxygen atoms in total. The number of hydrogen-bond acceptors (Lipinski definition) is 4. The van der Waals surface area contributed by atoms with Crippen LogP contribution in [-0.4, -0.2) is 23.2 Å². The maximum Gasteiger partial charge on any atom is 0.247 e. The van der Waals surface area contributed by atoms with Crippen LogP contribution in [-0.2, 0) is 23.5 Å². The van der Waals surface area contributed by atoms with Crippen molar-refractivity contribution in [2.45, 2.75) is 30.2 Å². The van der Waals surface area contributed by atoms with Crippen LogP contribution in [0.1, 0.15) is 30.1 Å². The van der Waals surface area contributed by atoms with Gasteiger partial charge in [-0.25, -0.2) is 13.1 Å². The molecule has 1 atom stereocenters. The summed E-state index contributed by atoms with van der Waals surface area (Å²) in [5.41, 5.74) is 1.66. The van der Waals surface area contributed by atoms with Crippen LogP contribution in [0.2, 0.25) is 0 Å². The summed E-state index contributed by atoms with van der Waals surface area (Å²) in [5, 5.41) is 4.20. The van der Waals surface area contributed by atoms with Gasteiger partial charge in [0.05, 0.1) is 17.1 Å². The number of aryl methyl sites for hydroxylation is 1. The topological polar surface area (TPSA) is 96.8 Å². The molecular formula is C13H16N4O3S. The van der Waals surface area contributed by atoms with E-state index in [1.54, 1.807) is 10.9 Å². The predicted octanol–water partition coefficient (Wildman–Crippen LogP) is 0.464. The van der Waals surface area contributed by atoms with Crippen molar-refractivity contribution in [1.29, 1.82) is 0 Å². The van der Waals surface area contributed by atoms with Crippen LogP contribution >= 0.6 is 0 Å². The molecule has 0 saturated heterocycles. The Kier molecular flexibility index (Phi) is 3.42. The fraction of sp³-hybridized carbons (Fsp3) is 0.385. The molecule has 3 rings (SSSR count). The first-order chi connectivity index (χ1) is 9.97. The molecule has 2 aromatic heterocycles. The first-order valence-corrected chi connectivity index (χ1v) is 8.17. The second-order valence-corrected chi connectivity index (χ2v) is 6.84. The number of fused-ring (bicyclic) bond motifs is 1. The van der Waals surface area contributed by atoms with Gasteiger partial charge < -0.3 is 4.98 Å². The molecule has 0 aromatic carbocycles. The highest BCUT2D eigenvalue weighted by Gasteiger charge is 2.27. The van der Waals surface area contributed by atoms with Crippen LogP contribution in [0.4, 0.5) is 0 Å². The minimum absolute atomic E-state index is 0.0538. The van der Waals surface area contributed by atoms with E-state index in [9.17, 15) is 13.2 Å². The Morgan fingerprint density at radius 1 is 1.43 bits per heavy atom. The minimum Gasteiger partial charge on any atom is -0.328 e. The summed E-state index contributed by atoms with van der Waals surface area (Å²) in [4.78, 5) is 13.5. The van der Waals surface area contributed by atoms with Crippen LogP contribution in [0.5, 0.6) is 0 Å². The van der Waals surface area contributed by atoms with Gasteiger partial charge in [-0.05, 0) is 25.3 Å². The van der Waals surface area contributed by atoms with Gasteiger partial charge >= 0.3 is 0 Å². The number of hydrogen-bond donors (Lipinski definition) is 2. The van der Waals surface area contributed by atoms with E-state index in [0.717, 1.165) is 30.5 Å². The fourth-order valence-corrected chi connectivity index (χ4v) is 3.86. The number of pyridine rings is 1. The summed E-state index contributed by atoms with van der Waals surface area (Å²) in [6.07, 6.45) is 5.47. The first-order valence-electron chi connectivity index (χ1n) is 6.69. The normalized spacial score (nSPS) is 18.4. The summed E-state index contributed by atoms with van der Waals surface area (Å²) >= 11 is 0. The molecular weight excluding hydrogens is 292 g/mol. The van der Waals surface area contributed by atoms with E-state index in [1.165, 1.54) is 18.3 Å². The van der Waals surface area contributed by atoms with Crippen molar-refractivity contribution in [2.75, 3.05) is 0 Å². The SMILES string of the molecule is Cn1ncc2c1CCCC2NS(=O)(=O)c1ccc(=O)[nH]c1. The maximum absolute atomic E-state index is 12.4. The zero-order valence-electron chi connectivity index (χ0n) is 11.5. The van der Waals surface area contributed by atoms with Crippen LogP contribution < -0.4 is 10.3 Å². The summed E-state index contributed by atoms with van der Waals surface area (Å²) < 4.78 is 29.2. The Morgan fingerprint density at radius 3 is 2.95 bits per heavy atom. The van der Waals surface area contributed by atoms with Crippen molar-refractivity contribution >= 4 is 10.0 Å². The van der Waals surface area contributed by atoms with Gasteiger partial charge in [0.2, 0.25) is 15.6 Å². The third-order valence-electron chi connectivity index (χ3n) is 3.74. The van der Waals surface area contributed by atoms with Gasteiger partial charge in [0.1, 0.15) is 0 Å². The highest BCUT2D eigenvalue weighted by Crippen LogP contribution is 2.30. The van der Waals surface area contributed by atoms with Gasteiger partial charge in [-0.3, -0.25) is 9.48 Å². The number of aromatic amines is 1. The summed E-state index contributed by atoms with van der Waals surface area (Å²) in [5.74, 6) is 0. The molecule has 0 spiro atoms. The average Bonchev–Trinajstić information content (AvgIpc) is 2.82. The number of aromatic nitrogens is 3. The molecule has 0 saturated carbocycles. The lowest BCUT2D eigenvalue weighted by molar-refractivity contribution is 0.498. The quantitative estimate of drug-likeness (QED) is 0.861. The maximum atomic E-state index is 12.4. The Bertz CT molecular complexity index is 802. The number of nitrogens with one attached hydrogen (secondary N) is 2. The van der Waals surface area contributed by atoms with E-state index in [1.807, 2.05) is 7.05 Å². The van der Waals surface area contributed by atoms with E-state index in [4.69, 9.17) is 0 Å². The zero-order chi connectivity index (χ0) is 15.0. The predicted molar refractivity (Wildman–Crippen MR) is 76.3 cm³/mol. The standard InChI is InChI=1S/C13H16N4O3S/c1-17-12-4-2-3-11(10(12)8-15-17)16-21(19,20)9-5-6-13(18)14-7-9/h5-8,11,16H,2-4H2,1H3,(H,14,18). The van der Waals surface area contributed by atoms with Gasteiger partial charge in [0, 0.05) is 30.6 Å². The van der Waals surface area contributed by atoms with Crippen molar-refractivity contribution in [3.05, 3.63) is 46.1 Å². The van der Waals surface area contributed by atoms with Crippen molar-refractivity contribution in [3.8, 4) is 0 Å². The second-order valence-electron chi connectivity index (χ2n) is 5.12. The van der Waals surface area contributed by atoms with E-state index >= 15 is 0 Å². The molecule has 0 radical (unpaired) electrons. The summed E-state index contributed by atoms with van der Waals surface area (Å²) in [6, 6.07) is 2.22. The third-order valence-corrected chi connectivity index (χ3v) is 5.21. The Hall–Kier alpha value is -1.93. The van der Waals surface area contributed by atoms with E-state index in [2.05, 4.69) is 14.8 Å². The number of nitrogens with zero attached hydrogens (tertiary/aromatic N) is 2. The van der Waals surface area contributed by atoms with Gasteiger partial charge in [-0.2, -0.15) is 5.10 Å². The second kappa shape index (κ2) is 5.12. The smallest absolute Gasteiger partial charge is 0.247 e. The van der Waals surface area contributed by atoms with Crippen LogP contribution in [0.15, 0.2) is 34.2 Å². The summed E-state index contributed by atoms with van der Waals surface area (Å²) in [7, 11) is -1.81. The fourth-order valence-electron chi connectivity index (χ4n) is 2.65. The molecule has 2 aromatic rings. The molecule has 2 heterocycles. The third kappa shape index (κ3) is 2.64. The molecule has 0 bridgehead atoms. The summed E-state index contributed by atoms with van der Waals surface area (Å²) in [6.45, 7) is 0. The Balaban J connectivity index is 1.90. The average molecular weight is 308 g/mol. The highest BCUT2D eigenvalue weighted by molar-refractivity contribution is 7.89. The molecule has 1 aliphatic carbocycles. The number of rotatable bonds is 3. The van der Waals surface area contributed by atoms with Crippen molar-refractivity contribution < 1.29 is 8.42 Å². The molecule has 112 valence electrons. The van der Waals surface area contributed by atoms with Gasteiger partial charge in [-0.15, -0.1) is 0 Å². The van der Waals surface area contributed by atoms with Crippen molar-refractivity contribution in [2.24, 2.45) is 7.05 Å². The van der Waals surface area contributed by atoms with Gasteiger partial charge in [-0.1, -0.05) is 0 Å². The van der Waals surface area contributed by atoms with Gasteiger partial charge in [0.25, 0.3) is 0 Å². The molecule has 0 aliphatic heterocycles. The Labute approximate surface area is 122 Å². The highest BCUT2D eigenvalue weighted by atomic mass is 32.2. The van der Waals surface area contributed by atoms with E-state index in [-0.39, 0.29) is 16.5 Å². The number of H-pyrrole nitrogens is 1. The molecule has 0 amide bonds. The lowest BCUT2D eigenvalue weighted by atomic mass is 9.94. The largest absolute Gasteiger partial charge is 0.328 e. The Morgan fingerprint density at radius 2 is 2.24 bits per heavy atom. The molecule has 2 N–H and O–H groups in total. The first kappa shape index (κ1) is 14.0. The van der Waals surface area contributed by atoms with Crippen LogP contribution in [0.25, 0.3) is 0 Å².